The molecule has 0 radical (unpaired) electrons. The molecule has 1 aromatic carbocycles. The monoisotopic (exact) mass is 371 g/mol. The van der Waals surface area contributed by atoms with Crippen LogP contribution in [-0.2, 0) is 20.9 Å². The summed E-state index contributed by atoms with van der Waals surface area (Å²) in [5.41, 5.74) is 2.46. The van der Waals surface area contributed by atoms with Gasteiger partial charge in [-0.1, -0.05) is 12.1 Å². The largest absolute Gasteiger partial charge is 0.341 e. The second kappa shape index (κ2) is 7.70. The van der Waals surface area contributed by atoms with Crippen LogP contribution in [-0.4, -0.2) is 36.2 Å². The van der Waals surface area contributed by atoms with Crippen molar-refractivity contribution < 1.29 is 14.4 Å². The van der Waals surface area contributed by atoms with Crippen molar-refractivity contribution in [1.29, 1.82) is 0 Å². The van der Waals surface area contributed by atoms with Gasteiger partial charge in [0, 0.05) is 24.8 Å². The van der Waals surface area contributed by atoms with E-state index in [1.54, 1.807) is 41.5 Å². The summed E-state index contributed by atoms with van der Waals surface area (Å²) < 4.78 is 0. The van der Waals surface area contributed by atoms with Crippen LogP contribution in [0.1, 0.15) is 23.3 Å². The number of aryl methyl sites for hydroxylation is 1. The highest BCUT2D eigenvalue weighted by Crippen LogP contribution is 2.29. The fraction of sp³-hybridized carbons (Fsp3) is 0.316. The Balaban J connectivity index is 1.59. The lowest BCUT2D eigenvalue weighted by Gasteiger charge is -2.29. The predicted molar refractivity (Wildman–Crippen MR) is 102 cm³/mol. The lowest BCUT2D eigenvalue weighted by Crippen LogP contribution is -2.42. The number of nitrogens with zero attached hydrogens (tertiary/aromatic N) is 2. The molecule has 6 nitrogen and oxygen atoms in total. The van der Waals surface area contributed by atoms with Gasteiger partial charge in [-0.15, -0.1) is 11.3 Å². The van der Waals surface area contributed by atoms with Gasteiger partial charge in [-0.3, -0.25) is 14.4 Å². The van der Waals surface area contributed by atoms with E-state index in [0.717, 1.165) is 4.88 Å². The smallest absolute Gasteiger partial charge is 0.244 e. The van der Waals surface area contributed by atoms with E-state index in [1.807, 2.05) is 24.4 Å². The molecule has 7 heteroatoms. The minimum absolute atomic E-state index is 0.0196. The van der Waals surface area contributed by atoms with Crippen LogP contribution in [0.4, 0.5) is 11.4 Å². The minimum atomic E-state index is -0.228. The van der Waals surface area contributed by atoms with Crippen molar-refractivity contribution in [3.05, 3.63) is 46.2 Å². The molecule has 0 saturated carbocycles. The Morgan fingerprint density at radius 1 is 1.23 bits per heavy atom. The molecule has 0 unspecified atom stereocenters. The summed E-state index contributed by atoms with van der Waals surface area (Å²) in [7, 11) is 1.75. The molecule has 3 amide bonds. The maximum Gasteiger partial charge on any atom is 0.244 e. The van der Waals surface area contributed by atoms with Crippen LogP contribution < -0.4 is 10.2 Å². The highest BCUT2D eigenvalue weighted by atomic mass is 32.1. The van der Waals surface area contributed by atoms with E-state index in [4.69, 9.17) is 0 Å². The van der Waals surface area contributed by atoms with Gasteiger partial charge in [0.25, 0.3) is 0 Å². The summed E-state index contributed by atoms with van der Waals surface area (Å²) in [5.74, 6) is -0.532. The van der Waals surface area contributed by atoms with Crippen LogP contribution in [0, 0.1) is 6.92 Å². The number of para-hydroxylation sites is 2. The van der Waals surface area contributed by atoms with E-state index in [1.165, 1.54) is 10.5 Å². The standard InChI is InChI=1S/C19H21N3O3S/c1-13-9-10-26-16(13)11-21(2)18(24)7-8-19(25)22-12-17(23)20-14-5-3-4-6-15(14)22/h3-6,9-10H,7-8,11-12H2,1-2H3,(H,20,23). The SMILES string of the molecule is Cc1ccsc1CN(C)C(=O)CCC(=O)N1CC(=O)Nc2ccccc21. The van der Waals surface area contributed by atoms with Crippen molar-refractivity contribution in [1.82, 2.24) is 4.90 Å². The Hall–Kier alpha value is -2.67. The molecule has 0 aliphatic carbocycles. The number of carbonyl (C=O) groups excluding carboxylic acids is 3. The van der Waals surface area contributed by atoms with Gasteiger partial charge in [0.2, 0.25) is 17.7 Å². The zero-order valence-electron chi connectivity index (χ0n) is 14.8. The number of rotatable bonds is 5. The van der Waals surface area contributed by atoms with E-state index < -0.39 is 0 Å². The molecule has 1 N–H and O–H groups in total. The molecular weight excluding hydrogens is 350 g/mol. The van der Waals surface area contributed by atoms with Gasteiger partial charge in [-0.05, 0) is 36.1 Å². The first kappa shape index (κ1) is 18.1. The average Bonchev–Trinajstić information content (AvgIpc) is 3.03. The lowest BCUT2D eigenvalue weighted by atomic mass is 10.1. The highest BCUT2D eigenvalue weighted by molar-refractivity contribution is 7.10. The number of benzene rings is 1. The lowest BCUT2D eigenvalue weighted by molar-refractivity contribution is -0.132. The van der Waals surface area contributed by atoms with Crippen LogP contribution in [0.3, 0.4) is 0 Å². The van der Waals surface area contributed by atoms with Crippen LogP contribution in [0.2, 0.25) is 0 Å². The van der Waals surface area contributed by atoms with Gasteiger partial charge in [0.05, 0.1) is 17.9 Å². The van der Waals surface area contributed by atoms with Crippen molar-refractivity contribution in [2.45, 2.75) is 26.3 Å². The number of thiophene rings is 1. The normalized spacial score (nSPS) is 13.2. The third-order valence-corrected chi connectivity index (χ3v) is 5.41. The van der Waals surface area contributed by atoms with Gasteiger partial charge < -0.3 is 15.1 Å². The van der Waals surface area contributed by atoms with Crippen molar-refractivity contribution in [2.24, 2.45) is 0 Å². The number of fused-ring (bicyclic) bond motifs is 1. The van der Waals surface area contributed by atoms with Crippen molar-refractivity contribution in [3.8, 4) is 0 Å². The van der Waals surface area contributed by atoms with Crippen LogP contribution in [0.15, 0.2) is 35.7 Å². The van der Waals surface area contributed by atoms with Crippen molar-refractivity contribution in [2.75, 3.05) is 23.8 Å². The van der Waals surface area contributed by atoms with E-state index in [2.05, 4.69) is 5.32 Å². The van der Waals surface area contributed by atoms with Gasteiger partial charge in [-0.25, -0.2) is 0 Å². The summed E-state index contributed by atoms with van der Waals surface area (Å²) in [5, 5.41) is 4.76. The molecule has 2 aromatic rings. The molecule has 136 valence electrons. The quantitative estimate of drug-likeness (QED) is 0.879. The average molecular weight is 371 g/mol. The Morgan fingerprint density at radius 2 is 2.00 bits per heavy atom. The number of hydrogen-bond donors (Lipinski definition) is 1. The topological polar surface area (TPSA) is 69.7 Å². The minimum Gasteiger partial charge on any atom is -0.341 e. The Kier molecular flexibility index (Phi) is 5.37. The van der Waals surface area contributed by atoms with Gasteiger partial charge in [0.15, 0.2) is 0 Å². The molecule has 2 heterocycles. The predicted octanol–water partition coefficient (Wildman–Crippen LogP) is 2.78. The van der Waals surface area contributed by atoms with Gasteiger partial charge >= 0.3 is 0 Å². The number of hydrogen-bond acceptors (Lipinski definition) is 4. The Bertz CT molecular complexity index is 846. The van der Waals surface area contributed by atoms with E-state index >= 15 is 0 Å². The molecule has 0 bridgehead atoms. The van der Waals surface area contributed by atoms with Crippen LogP contribution >= 0.6 is 11.3 Å². The Morgan fingerprint density at radius 3 is 2.73 bits per heavy atom. The summed E-state index contributed by atoms with van der Waals surface area (Å²) >= 11 is 1.62. The second-order valence-corrected chi connectivity index (χ2v) is 7.32. The molecule has 0 saturated heterocycles. The van der Waals surface area contributed by atoms with E-state index in [9.17, 15) is 14.4 Å². The van der Waals surface area contributed by atoms with Crippen LogP contribution in [0.25, 0.3) is 0 Å². The third kappa shape index (κ3) is 3.94. The van der Waals surface area contributed by atoms with E-state index in [-0.39, 0.29) is 37.1 Å². The van der Waals surface area contributed by atoms with Gasteiger partial charge in [0.1, 0.15) is 6.54 Å². The van der Waals surface area contributed by atoms with E-state index in [0.29, 0.717) is 17.9 Å². The number of nitrogens with one attached hydrogen (secondary N) is 1. The Labute approximate surface area is 156 Å². The molecule has 0 fully saturated rings. The molecule has 1 aliphatic rings. The van der Waals surface area contributed by atoms with Crippen molar-refractivity contribution in [3.63, 3.8) is 0 Å². The molecule has 0 atom stereocenters. The summed E-state index contributed by atoms with van der Waals surface area (Å²) in [6.07, 6.45) is 0.203. The zero-order chi connectivity index (χ0) is 18.7. The van der Waals surface area contributed by atoms with Gasteiger partial charge in [-0.2, -0.15) is 0 Å². The van der Waals surface area contributed by atoms with Crippen LogP contribution in [0.5, 0.6) is 0 Å². The number of anilines is 2. The first-order valence-corrected chi connectivity index (χ1v) is 9.30. The highest BCUT2D eigenvalue weighted by Gasteiger charge is 2.27. The molecule has 1 aromatic heterocycles. The van der Waals surface area contributed by atoms with Crippen molar-refractivity contribution >= 4 is 40.4 Å². The fourth-order valence-electron chi connectivity index (χ4n) is 2.87. The molecular formula is C19H21N3O3S. The third-order valence-electron chi connectivity index (χ3n) is 4.40. The first-order chi connectivity index (χ1) is 12.5. The zero-order valence-corrected chi connectivity index (χ0v) is 15.6. The molecule has 26 heavy (non-hydrogen) atoms. The number of amides is 3. The summed E-state index contributed by atoms with van der Waals surface area (Å²) in [4.78, 5) is 41.0. The fourth-order valence-corrected chi connectivity index (χ4v) is 3.82. The first-order valence-electron chi connectivity index (χ1n) is 8.42. The molecule has 3 rings (SSSR count). The molecule has 1 aliphatic heterocycles. The second-order valence-electron chi connectivity index (χ2n) is 6.32. The maximum absolute atomic E-state index is 12.6. The number of carbonyl (C=O) groups is 3. The summed E-state index contributed by atoms with van der Waals surface area (Å²) in [6.45, 7) is 2.55. The molecule has 0 spiro atoms. The maximum atomic E-state index is 12.6. The summed E-state index contributed by atoms with van der Waals surface area (Å²) in [6, 6.07) is 9.20.